The molecule has 0 bridgehead atoms. The third kappa shape index (κ3) is 2.55. The Morgan fingerprint density at radius 2 is 1.94 bits per heavy atom. The van der Waals surface area contributed by atoms with Gasteiger partial charge < -0.3 is 5.11 Å². The van der Waals surface area contributed by atoms with Crippen LogP contribution in [0.15, 0.2) is 0 Å². The zero-order valence-corrected chi connectivity index (χ0v) is 12.3. The Kier molecular flexibility index (Phi) is 4.27. The highest BCUT2D eigenvalue weighted by Gasteiger charge is 2.53. The Bertz CT molecular complexity index is 313. The number of hydrogen-bond donors (Lipinski definition) is 2. The number of thioether (sulfide) groups is 1. The molecule has 18 heavy (non-hydrogen) atoms. The number of hydrogen-bond acceptors (Lipinski definition) is 3. The SMILES string of the molecule is CC1(C)CCSCC1(NC1CCCCC1)C(=O)O. The molecule has 0 aromatic rings. The molecule has 104 valence electrons. The van der Waals surface area contributed by atoms with Crippen LogP contribution in [0.4, 0.5) is 0 Å². The van der Waals surface area contributed by atoms with Gasteiger partial charge in [0.05, 0.1) is 0 Å². The van der Waals surface area contributed by atoms with E-state index in [1.807, 2.05) is 0 Å². The van der Waals surface area contributed by atoms with Crippen molar-refractivity contribution < 1.29 is 9.90 Å². The summed E-state index contributed by atoms with van der Waals surface area (Å²) in [6.07, 6.45) is 7.02. The highest BCUT2D eigenvalue weighted by molar-refractivity contribution is 7.99. The molecule has 2 aliphatic rings. The van der Waals surface area contributed by atoms with E-state index in [1.54, 1.807) is 11.8 Å². The summed E-state index contributed by atoms with van der Waals surface area (Å²) >= 11 is 1.78. The van der Waals surface area contributed by atoms with Gasteiger partial charge in [0.2, 0.25) is 0 Å². The lowest BCUT2D eigenvalue weighted by Crippen LogP contribution is -2.67. The number of carboxylic acids is 1. The van der Waals surface area contributed by atoms with Gasteiger partial charge in [-0.3, -0.25) is 10.1 Å². The summed E-state index contributed by atoms with van der Waals surface area (Å²) in [5.41, 5.74) is -0.903. The summed E-state index contributed by atoms with van der Waals surface area (Å²) < 4.78 is 0. The molecule has 1 unspecified atom stereocenters. The van der Waals surface area contributed by atoms with Gasteiger partial charge in [0.1, 0.15) is 5.54 Å². The first kappa shape index (κ1) is 14.2. The van der Waals surface area contributed by atoms with Crippen LogP contribution in [0.25, 0.3) is 0 Å². The van der Waals surface area contributed by atoms with Crippen molar-refractivity contribution in [3.63, 3.8) is 0 Å². The maximum Gasteiger partial charge on any atom is 0.325 e. The van der Waals surface area contributed by atoms with E-state index in [2.05, 4.69) is 19.2 Å². The molecule has 3 nitrogen and oxygen atoms in total. The van der Waals surface area contributed by atoms with E-state index >= 15 is 0 Å². The molecule has 2 fully saturated rings. The molecule has 0 amide bonds. The largest absolute Gasteiger partial charge is 0.480 e. The molecule has 2 rings (SSSR count). The minimum Gasteiger partial charge on any atom is -0.480 e. The lowest BCUT2D eigenvalue weighted by molar-refractivity contribution is -0.150. The second kappa shape index (κ2) is 5.41. The van der Waals surface area contributed by atoms with Gasteiger partial charge in [-0.05, 0) is 30.4 Å². The minimum atomic E-state index is -0.738. The fraction of sp³-hybridized carbons (Fsp3) is 0.929. The van der Waals surface area contributed by atoms with Crippen LogP contribution in [-0.4, -0.2) is 34.2 Å². The fourth-order valence-electron chi connectivity index (χ4n) is 3.21. The average Bonchev–Trinajstić information content (AvgIpc) is 2.33. The van der Waals surface area contributed by atoms with Crippen molar-refractivity contribution in [2.75, 3.05) is 11.5 Å². The van der Waals surface area contributed by atoms with Crippen molar-refractivity contribution in [1.82, 2.24) is 5.32 Å². The van der Waals surface area contributed by atoms with Crippen LogP contribution in [0.1, 0.15) is 52.4 Å². The molecule has 1 saturated carbocycles. The summed E-state index contributed by atoms with van der Waals surface area (Å²) in [6, 6.07) is 0.396. The molecule has 4 heteroatoms. The predicted molar refractivity (Wildman–Crippen MR) is 76.1 cm³/mol. The summed E-state index contributed by atoms with van der Waals surface area (Å²) in [4.78, 5) is 11.9. The van der Waals surface area contributed by atoms with Crippen molar-refractivity contribution in [1.29, 1.82) is 0 Å². The standard InChI is InChI=1S/C14H25NO2S/c1-13(2)8-9-18-10-14(13,12(16)17)15-11-6-4-3-5-7-11/h11,15H,3-10H2,1-2H3,(H,16,17). The van der Waals surface area contributed by atoms with Crippen LogP contribution in [-0.2, 0) is 4.79 Å². The molecule has 0 spiro atoms. The Labute approximate surface area is 114 Å². The molecule has 0 radical (unpaired) electrons. The van der Waals surface area contributed by atoms with Crippen molar-refractivity contribution in [3.05, 3.63) is 0 Å². The summed E-state index contributed by atoms with van der Waals surface area (Å²) in [6.45, 7) is 4.22. The van der Waals surface area contributed by atoms with Gasteiger partial charge in [-0.25, -0.2) is 0 Å². The molecule has 0 aromatic heterocycles. The van der Waals surface area contributed by atoms with Gasteiger partial charge in [-0.1, -0.05) is 33.1 Å². The summed E-state index contributed by atoms with van der Waals surface area (Å²) in [5.74, 6) is 1.12. The second-order valence-electron chi connectivity index (χ2n) is 6.38. The number of aliphatic carboxylic acids is 1. The molecule has 2 N–H and O–H groups in total. The topological polar surface area (TPSA) is 49.3 Å². The number of carboxylic acid groups (broad SMARTS) is 1. The van der Waals surface area contributed by atoms with E-state index in [9.17, 15) is 9.90 Å². The normalized spacial score (nSPS) is 33.2. The number of rotatable bonds is 3. The Balaban J connectivity index is 2.17. The maximum atomic E-state index is 11.9. The monoisotopic (exact) mass is 271 g/mol. The van der Waals surface area contributed by atoms with E-state index in [-0.39, 0.29) is 5.41 Å². The van der Waals surface area contributed by atoms with Gasteiger partial charge in [0.25, 0.3) is 0 Å². The third-order valence-electron chi connectivity index (χ3n) is 4.77. The lowest BCUT2D eigenvalue weighted by atomic mass is 9.70. The molecular formula is C14H25NO2S. The van der Waals surface area contributed by atoms with Crippen LogP contribution in [0.5, 0.6) is 0 Å². The van der Waals surface area contributed by atoms with E-state index < -0.39 is 11.5 Å². The van der Waals surface area contributed by atoms with Crippen LogP contribution < -0.4 is 5.32 Å². The first-order valence-electron chi connectivity index (χ1n) is 7.07. The fourth-order valence-corrected chi connectivity index (χ4v) is 4.91. The Hall–Kier alpha value is -0.220. The zero-order chi connectivity index (χ0) is 13.2. The van der Waals surface area contributed by atoms with Gasteiger partial charge >= 0.3 is 5.97 Å². The second-order valence-corrected chi connectivity index (χ2v) is 7.48. The van der Waals surface area contributed by atoms with Crippen molar-refractivity contribution in [2.24, 2.45) is 5.41 Å². The van der Waals surface area contributed by atoms with Crippen molar-refractivity contribution >= 4 is 17.7 Å². The summed E-state index contributed by atoms with van der Waals surface area (Å²) in [5, 5.41) is 13.3. The van der Waals surface area contributed by atoms with Crippen molar-refractivity contribution in [3.8, 4) is 0 Å². The average molecular weight is 271 g/mol. The zero-order valence-electron chi connectivity index (χ0n) is 11.5. The number of nitrogens with one attached hydrogen (secondary N) is 1. The first-order chi connectivity index (χ1) is 8.48. The van der Waals surface area contributed by atoms with E-state index in [0.717, 1.165) is 25.0 Å². The minimum absolute atomic E-state index is 0.165. The van der Waals surface area contributed by atoms with E-state index in [1.165, 1.54) is 19.3 Å². The van der Waals surface area contributed by atoms with Crippen LogP contribution in [0.3, 0.4) is 0 Å². The predicted octanol–water partition coefficient (Wildman–Crippen LogP) is 2.90. The Morgan fingerprint density at radius 1 is 1.28 bits per heavy atom. The Morgan fingerprint density at radius 3 is 2.50 bits per heavy atom. The van der Waals surface area contributed by atoms with E-state index in [0.29, 0.717) is 11.8 Å². The van der Waals surface area contributed by atoms with Crippen LogP contribution in [0.2, 0.25) is 0 Å². The van der Waals surface area contributed by atoms with Crippen LogP contribution >= 0.6 is 11.8 Å². The van der Waals surface area contributed by atoms with Crippen LogP contribution in [0, 0.1) is 5.41 Å². The van der Waals surface area contributed by atoms with E-state index in [4.69, 9.17) is 0 Å². The first-order valence-corrected chi connectivity index (χ1v) is 8.22. The molecule has 1 atom stereocenters. The van der Waals surface area contributed by atoms with Gasteiger partial charge in [-0.15, -0.1) is 0 Å². The quantitative estimate of drug-likeness (QED) is 0.828. The highest BCUT2D eigenvalue weighted by Crippen LogP contribution is 2.43. The molecule has 0 aromatic carbocycles. The molecule has 1 saturated heterocycles. The highest BCUT2D eigenvalue weighted by atomic mass is 32.2. The summed E-state index contributed by atoms with van der Waals surface area (Å²) in [7, 11) is 0. The van der Waals surface area contributed by atoms with Crippen molar-refractivity contribution in [2.45, 2.75) is 64.0 Å². The van der Waals surface area contributed by atoms with Gasteiger partial charge in [0.15, 0.2) is 0 Å². The maximum absolute atomic E-state index is 11.9. The van der Waals surface area contributed by atoms with Gasteiger partial charge in [0, 0.05) is 11.8 Å². The van der Waals surface area contributed by atoms with Gasteiger partial charge in [-0.2, -0.15) is 11.8 Å². The lowest BCUT2D eigenvalue weighted by Gasteiger charge is -2.49. The molecule has 1 heterocycles. The smallest absolute Gasteiger partial charge is 0.325 e. The number of carbonyl (C=O) groups is 1. The third-order valence-corrected chi connectivity index (χ3v) is 5.90. The molecule has 1 aliphatic heterocycles. The molecule has 1 aliphatic carbocycles. The molecular weight excluding hydrogens is 246 g/mol.